The van der Waals surface area contributed by atoms with Crippen LogP contribution in [0.3, 0.4) is 0 Å². The van der Waals surface area contributed by atoms with Gasteiger partial charge in [-0.1, -0.05) is 13.8 Å². The molecule has 0 aliphatic heterocycles. The summed E-state index contributed by atoms with van der Waals surface area (Å²) in [5.41, 5.74) is 0.506. The van der Waals surface area contributed by atoms with Gasteiger partial charge in [-0.05, 0) is 48.6 Å². The first-order valence-corrected chi connectivity index (χ1v) is 5.89. The second-order valence-electron chi connectivity index (χ2n) is 4.97. The van der Waals surface area contributed by atoms with E-state index in [2.05, 4.69) is 18.8 Å². The molecule has 0 aromatic carbocycles. The smallest absolute Gasteiger partial charge is 0.226 e. The number of aromatic nitrogens is 1. The minimum Gasteiger partial charge on any atom is -0.226 e. The first kappa shape index (κ1) is 11.5. The molecule has 0 radical (unpaired) electrons. The van der Waals surface area contributed by atoms with Crippen LogP contribution in [0.15, 0.2) is 12.3 Å². The summed E-state index contributed by atoms with van der Waals surface area (Å²) in [5, 5.41) is 0. The third-order valence-corrected chi connectivity index (χ3v) is 3.91. The van der Waals surface area contributed by atoms with Gasteiger partial charge in [0.25, 0.3) is 0 Å². The summed E-state index contributed by atoms with van der Waals surface area (Å²) >= 11 is 0. The molecule has 1 saturated carbocycles. The Morgan fingerprint density at radius 1 is 1.19 bits per heavy atom. The highest BCUT2D eigenvalue weighted by Crippen LogP contribution is 2.39. The first-order valence-electron chi connectivity index (χ1n) is 5.89. The van der Waals surface area contributed by atoms with Crippen molar-refractivity contribution in [1.29, 1.82) is 0 Å². The van der Waals surface area contributed by atoms with Crippen LogP contribution in [0.2, 0.25) is 0 Å². The lowest BCUT2D eigenvalue weighted by Crippen LogP contribution is -2.20. The third-order valence-electron chi connectivity index (χ3n) is 3.91. The predicted molar refractivity (Wildman–Crippen MR) is 59.1 cm³/mol. The van der Waals surface area contributed by atoms with Gasteiger partial charge in [-0.15, -0.1) is 0 Å². The van der Waals surface area contributed by atoms with Gasteiger partial charge >= 0.3 is 0 Å². The Morgan fingerprint density at radius 2 is 1.94 bits per heavy atom. The molecule has 1 fully saturated rings. The molecular formula is C13H17F2N. The van der Waals surface area contributed by atoms with Gasteiger partial charge < -0.3 is 0 Å². The van der Waals surface area contributed by atoms with E-state index in [9.17, 15) is 8.78 Å². The monoisotopic (exact) mass is 225 g/mol. The van der Waals surface area contributed by atoms with Crippen molar-refractivity contribution in [2.24, 2.45) is 11.8 Å². The average molecular weight is 225 g/mol. The predicted octanol–water partition coefficient (Wildman–Crippen LogP) is 3.90. The lowest BCUT2D eigenvalue weighted by molar-refractivity contribution is 0.246. The van der Waals surface area contributed by atoms with Crippen LogP contribution < -0.4 is 0 Å². The van der Waals surface area contributed by atoms with Crippen molar-refractivity contribution in [2.45, 2.75) is 39.0 Å². The summed E-state index contributed by atoms with van der Waals surface area (Å²) in [6.45, 7) is 4.41. The lowest BCUT2D eigenvalue weighted by Gasteiger charge is -2.32. The molecule has 16 heavy (non-hydrogen) atoms. The van der Waals surface area contributed by atoms with E-state index in [-0.39, 0.29) is 5.92 Å². The third kappa shape index (κ3) is 2.08. The van der Waals surface area contributed by atoms with Crippen molar-refractivity contribution in [3.8, 4) is 0 Å². The molecule has 1 aliphatic carbocycles. The fourth-order valence-corrected chi connectivity index (χ4v) is 2.58. The molecule has 1 aliphatic rings. The highest BCUT2D eigenvalue weighted by atomic mass is 19.2. The van der Waals surface area contributed by atoms with Gasteiger partial charge in [-0.25, -0.2) is 9.37 Å². The maximum absolute atomic E-state index is 13.6. The summed E-state index contributed by atoms with van der Waals surface area (Å²) in [7, 11) is 0. The molecule has 88 valence electrons. The SMILES string of the molecule is CC1CCC(c2ccnc(F)c2F)CC1C. The molecule has 0 amide bonds. The van der Waals surface area contributed by atoms with Gasteiger partial charge in [0.05, 0.1) is 0 Å². The fourth-order valence-electron chi connectivity index (χ4n) is 2.58. The first-order chi connectivity index (χ1) is 7.59. The Bertz CT molecular complexity index is 378. The van der Waals surface area contributed by atoms with Crippen LogP contribution in [0.4, 0.5) is 8.78 Å². The van der Waals surface area contributed by atoms with Crippen molar-refractivity contribution in [3.63, 3.8) is 0 Å². The number of nitrogens with zero attached hydrogens (tertiary/aromatic N) is 1. The number of hydrogen-bond acceptors (Lipinski definition) is 1. The van der Waals surface area contributed by atoms with E-state index in [1.807, 2.05) is 0 Å². The molecule has 1 aromatic rings. The number of halogens is 2. The van der Waals surface area contributed by atoms with E-state index in [1.165, 1.54) is 6.20 Å². The lowest BCUT2D eigenvalue weighted by atomic mass is 9.73. The highest BCUT2D eigenvalue weighted by molar-refractivity contribution is 5.19. The summed E-state index contributed by atoms with van der Waals surface area (Å²) in [5.74, 6) is -0.304. The summed E-state index contributed by atoms with van der Waals surface area (Å²) in [6, 6.07) is 1.62. The Kier molecular flexibility index (Phi) is 3.22. The van der Waals surface area contributed by atoms with E-state index in [4.69, 9.17) is 0 Å². The van der Waals surface area contributed by atoms with Crippen LogP contribution in [0.1, 0.15) is 44.6 Å². The van der Waals surface area contributed by atoms with E-state index in [0.29, 0.717) is 17.4 Å². The van der Waals surface area contributed by atoms with Gasteiger partial charge in [0.2, 0.25) is 5.95 Å². The zero-order chi connectivity index (χ0) is 11.7. The average Bonchev–Trinajstić information content (AvgIpc) is 2.26. The molecule has 1 nitrogen and oxygen atoms in total. The van der Waals surface area contributed by atoms with Crippen molar-refractivity contribution in [2.75, 3.05) is 0 Å². The second-order valence-corrected chi connectivity index (χ2v) is 4.97. The maximum atomic E-state index is 13.6. The van der Waals surface area contributed by atoms with E-state index in [0.717, 1.165) is 19.3 Å². The van der Waals surface area contributed by atoms with Crippen molar-refractivity contribution < 1.29 is 8.78 Å². The van der Waals surface area contributed by atoms with Gasteiger partial charge in [0, 0.05) is 6.20 Å². The molecular weight excluding hydrogens is 208 g/mol. The topological polar surface area (TPSA) is 12.9 Å². The number of hydrogen-bond donors (Lipinski definition) is 0. The molecule has 1 heterocycles. The molecule has 3 heteroatoms. The Morgan fingerprint density at radius 3 is 2.62 bits per heavy atom. The second kappa shape index (κ2) is 4.48. The molecule has 0 bridgehead atoms. The fraction of sp³-hybridized carbons (Fsp3) is 0.615. The highest BCUT2D eigenvalue weighted by Gasteiger charge is 2.28. The van der Waals surface area contributed by atoms with Crippen LogP contribution in [0.25, 0.3) is 0 Å². The maximum Gasteiger partial charge on any atom is 0.249 e. The Balaban J connectivity index is 2.22. The number of rotatable bonds is 1. The Labute approximate surface area is 94.9 Å². The molecule has 0 saturated heterocycles. The van der Waals surface area contributed by atoms with Gasteiger partial charge in [0.15, 0.2) is 5.82 Å². The van der Waals surface area contributed by atoms with Crippen LogP contribution in [0, 0.1) is 23.6 Å². The van der Waals surface area contributed by atoms with Crippen LogP contribution in [0.5, 0.6) is 0 Å². The molecule has 1 aromatic heterocycles. The largest absolute Gasteiger partial charge is 0.249 e. The zero-order valence-electron chi connectivity index (χ0n) is 9.71. The van der Waals surface area contributed by atoms with Crippen LogP contribution in [-0.4, -0.2) is 4.98 Å². The summed E-state index contributed by atoms with van der Waals surface area (Å²) in [6.07, 6.45) is 4.35. The van der Waals surface area contributed by atoms with Crippen molar-refractivity contribution in [1.82, 2.24) is 4.98 Å². The van der Waals surface area contributed by atoms with Crippen LogP contribution >= 0.6 is 0 Å². The van der Waals surface area contributed by atoms with E-state index in [1.54, 1.807) is 6.07 Å². The van der Waals surface area contributed by atoms with Gasteiger partial charge in [-0.3, -0.25) is 0 Å². The van der Waals surface area contributed by atoms with E-state index < -0.39 is 11.8 Å². The molecule has 3 atom stereocenters. The molecule has 0 N–H and O–H groups in total. The zero-order valence-corrected chi connectivity index (χ0v) is 9.71. The minimum absolute atomic E-state index is 0.156. The Hall–Kier alpha value is -0.990. The molecule has 0 spiro atoms. The van der Waals surface area contributed by atoms with E-state index >= 15 is 0 Å². The van der Waals surface area contributed by atoms with Crippen molar-refractivity contribution in [3.05, 3.63) is 29.6 Å². The van der Waals surface area contributed by atoms with Crippen molar-refractivity contribution >= 4 is 0 Å². The normalized spacial score (nSPS) is 30.4. The quantitative estimate of drug-likeness (QED) is 0.660. The summed E-state index contributed by atoms with van der Waals surface area (Å²) < 4.78 is 26.6. The van der Waals surface area contributed by atoms with Gasteiger partial charge in [0.1, 0.15) is 0 Å². The molecule has 3 unspecified atom stereocenters. The number of pyridine rings is 1. The molecule has 2 rings (SSSR count). The minimum atomic E-state index is -0.969. The van der Waals surface area contributed by atoms with Crippen LogP contribution in [-0.2, 0) is 0 Å². The van der Waals surface area contributed by atoms with Gasteiger partial charge in [-0.2, -0.15) is 4.39 Å². The summed E-state index contributed by atoms with van der Waals surface area (Å²) in [4.78, 5) is 3.33. The standard InChI is InChI=1S/C13H17F2N/c1-8-3-4-10(7-9(8)2)11-5-6-16-13(15)12(11)14/h5-6,8-10H,3-4,7H2,1-2H3.